The third-order valence-corrected chi connectivity index (χ3v) is 5.46. The summed E-state index contributed by atoms with van der Waals surface area (Å²) in [6.07, 6.45) is 2.42. The number of piperazine rings is 1. The van der Waals surface area contributed by atoms with Crippen LogP contribution < -0.4 is 10.6 Å². The largest absolute Gasteiger partial charge is 0.480 e. The summed E-state index contributed by atoms with van der Waals surface area (Å²) in [5, 5.41) is 14.6. The number of halogens is 1. The molecule has 8 nitrogen and oxygen atoms in total. The van der Waals surface area contributed by atoms with Crippen LogP contribution in [0.25, 0.3) is 5.65 Å². The fourth-order valence-electron chi connectivity index (χ4n) is 3.78. The predicted octanol–water partition coefficient (Wildman–Crippen LogP) is 1.81. The number of hydrogen-bond acceptors (Lipinski definition) is 5. The molecule has 1 aliphatic heterocycles. The lowest BCUT2D eigenvalue weighted by Crippen LogP contribution is -2.56. The van der Waals surface area contributed by atoms with Crippen molar-refractivity contribution in [2.24, 2.45) is 0 Å². The van der Waals surface area contributed by atoms with Gasteiger partial charge < -0.3 is 10.0 Å². The Bertz CT molecular complexity index is 1080. The van der Waals surface area contributed by atoms with Crippen molar-refractivity contribution in [3.05, 3.63) is 64.2 Å². The smallest absolute Gasteiger partial charge is 0.350 e. The number of carbonyl (C=O) groups is 1. The lowest BCUT2D eigenvalue weighted by Gasteiger charge is -2.40. The highest BCUT2D eigenvalue weighted by Gasteiger charge is 2.32. The molecule has 1 aromatic carbocycles. The van der Waals surface area contributed by atoms with Crippen molar-refractivity contribution < 1.29 is 9.90 Å². The number of aliphatic carboxylic acids is 1. The third kappa shape index (κ3) is 4.13. The Balaban J connectivity index is 1.38. The molecule has 0 amide bonds. The van der Waals surface area contributed by atoms with Gasteiger partial charge in [-0.1, -0.05) is 23.7 Å². The zero-order valence-corrected chi connectivity index (χ0v) is 16.6. The van der Waals surface area contributed by atoms with Crippen molar-refractivity contribution in [2.45, 2.75) is 19.0 Å². The van der Waals surface area contributed by atoms with Crippen molar-refractivity contribution in [3.8, 4) is 0 Å². The van der Waals surface area contributed by atoms with Gasteiger partial charge in [0.05, 0.1) is 0 Å². The number of pyridine rings is 1. The monoisotopic (exact) mass is 415 g/mol. The summed E-state index contributed by atoms with van der Waals surface area (Å²) in [6.45, 7) is 2.96. The number of aromatic nitrogens is 3. The van der Waals surface area contributed by atoms with E-state index in [-0.39, 0.29) is 5.69 Å². The fraction of sp³-hybridized carbons (Fsp3) is 0.350. The van der Waals surface area contributed by atoms with E-state index in [2.05, 4.69) is 10.00 Å². The van der Waals surface area contributed by atoms with Crippen LogP contribution in [-0.2, 0) is 11.3 Å². The van der Waals surface area contributed by atoms with E-state index in [0.717, 1.165) is 12.2 Å². The molecule has 2 aromatic heterocycles. The number of aryl methyl sites for hydroxylation is 1. The molecule has 4 rings (SSSR count). The number of carboxylic acids is 1. The molecule has 0 saturated carbocycles. The van der Waals surface area contributed by atoms with Crippen LogP contribution in [0.4, 0.5) is 5.69 Å². The zero-order chi connectivity index (χ0) is 20.4. The highest BCUT2D eigenvalue weighted by atomic mass is 35.5. The Kier molecular flexibility index (Phi) is 5.55. The first-order chi connectivity index (χ1) is 14.0. The first-order valence-corrected chi connectivity index (χ1v) is 9.92. The van der Waals surface area contributed by atoms with Crippen LogP contribution in [0.5, 0.6) is 0 Å². The van der Waals surface area contributed by atoms with Gasteiger partial charge in [0.25, 0.3) is 0 Å². The van der Waals surface area contributed by atoms with Crippen molar-refractivity contribution in [3.63, 3.8) is 0 Å². The van der Waals surface area contributed by atoms with Crippen LogP contribution in [0.1, 0.15) is 6.42 Å². The lowest BCUT2D eigenvalue weighted by atomic mass is 10.1. The molecule has 1 aliphatic rings. The van der Waals surface area contributed by atoms with Gasteiger partial charge in [0.1, 0.15) is 6.04 Å². The summed E-state index contributed by atoms with van der Waals surface area (Å²) in [5.74, 6) is -0.855. The molecule has 1 N–H and O–H groups in total. The van der Waals surface area contributed by atoms with E-state index in [1.807, 2.05) is 23.1 Å². The number of rotatable bonds is 6. The van der Waals surface area contributed by atoms with Crippen molar-refractivity contribution in [1.29, 1.82) is 0 Å². The first-order valence-electron chi connectivity index (χ1n) is 9.54. The summed E-state index contributed by atoms with van der Waals surface area (Å²) in [5.41, 5.74) is 1.29. The molecule has 3 heterocycles. The number of anilines is 1. The molecule has 9 heteroatoms. The quantitative estimate of drug-likeness (QED) is 0.661. The maximum atomic E-state index is 12.3. The Labute approximate surface area is 172 Å². The second-order valence-electron chi connectivity index (χ2n) is 7.12. The van der Waals surface area contributed by atoms with Gasteiger partial charge in [-0.3, -0.25) is 9.30 Å². The Morgan fingerprint density at radius 2 is 2.03 bits per heavy atom. The van der Waals surface area contributed by atoms with E-state index in [1.165, 1.54) is 9.08 Å². The zero-order valence-electron chi connectivity index (χ0n) is 15.8. The SMILES string of the molecule is O=C(O)C1CN(CCCn2nc3ccccn3c2=O)CCN1c1cccc(Cl)c1. The molecule has 0 bridgehead atoms. The van der Waals surface area contributed by atoms with Crippen LogP contribution in [0.2, 0.25) is 5.02 Å². The molecule has 1 fully saturated rings. The molecular weight excluding hydrogens is 394 g/mol. The van der Waals surface area contributed by atoms with Gasteiger partial charge in [-0.2, -0.15) is 0 Å². The second kappa shape index (κ2) is 8.26. The van der Waals surface area contributed by atoms with Crippen LogP contribution in [0.15, 0.2) is 53.5 Å². The predicted molar refractivity (Wildman–Crippen MR) is 111 cm³/mol. The summed E-state index contributed by atoms with van der Waals surface area (Å²) in [4.78, 5) is 28.2. The van der Waals surface area contributed by atoms with E-state index >= 15 is 0 Å². The molecule has 1 atom stereocenters. The summed E-state index contributed by atoms with van der Waals surface area (Å²) in [6, 6.07) is 12.1. The van der Waals surface area contributed by atoms with Gasteiger partial charge in [-0.25, -0.2) is 14.3 Å². The van der Waals surface area contributed by atoms with Gasteiger partial charge >= 0.3 is 11.7 Å². The van der Waals surface area contributed by atoms with Crippen LogP contribution in [0.3, 0.4) is 0 Å². The molecule has 1 saturated heterocycles. The normalized spacial score (nSPS) is 17.7. The van der Waals surface area contributed by atoms with Gasteiger partial charge in [-0.15, -0.1) is 5.10 Å². The third-order valence-electron chi connectivity index (χ3n) is 5.22. The van der Waals surface area contributed by atoms with Crippen molar-refractivity contribution >= 4 is 28.9 Å². The van der Waals surface area contributed by atoms with Gasteiger partial charge in [0.15, 0.2) is 5.65 Å². The molecule has 3 aromatic rings. The molecular formula is C20H22ClN5O3. The van der Waals surface area contributed by atoms with Crippen molar-refractivity contribution in [1.82, 2.24) is 19.1 Å². The topological polar surface area (TPSA) is 83.1 Å². The summed E-state index contributed by atoms with van der Waals surface area (Å²) in [7, 11) is 0. The summed E-state index contributed by atoms with van der Waals surface area (Å²) < 4.78 is 2.98. The van der Waals surface area contributed by atoms with E-state index < -0.39 is 12.0 Å². The average Bonchev–Trinajstić information content (AvgIpc) is 3.04. The molecule has 0 radical (unpaired) electrons. The minimum atomic E-state index is -0.855. The number of carboxylic acid groups (broad SMARTS) is 1. The van der Waals surface area contributed by atoms with Crippen LogP contribution in [0, 0.1) is 0 Å². The maximum Gasteiger partial charge on any atom is 0.350 e. The first kappa shape index (κ1) is 19.5. The number of benzene rings is 1. The molecule has 152 valence electrons. The minimum Gasteiger partial charge on any atom is -0.480 e. The van der Waals surface area contributed by atoms with Crippen LogP contribution >= 0.6 is 11.6 Å². The van der Waals surface area contributed by atoms with E-state index in [1.54, 1.807) is 30.5 Å². The Hall–Kier alpha value is -2.84. The van der Waals surface area contributed by atoms with Gasteiger partial charge in [-0.05, 0) is 36.8 Å². The molecule has 29 heavy (non-hydrogen) atoms. The summed E-state index contributed by atoms with van der Waals surface area (Å²) >= 11 is 6.07. The Morgan fingerprint density at radius 1 is 1.17 bits per heavy atom. The average molecular weight is 416 g/mol. The minimum absolute atomic E-state index is 0.158. The highest BCUT2D eigenvalue weighted by Crippen LogP contribution is 2.24. The lowest BCUT2D eigenvalue weighted by molar-refractivity contribution is -0.139. The molecule has 1 unspecified atom stereocenters. The molecule has 0 spiro atoms. The van der Waals surface area contributed by atoms with E-state index in [0.29, 0.717) is 43.3 Å². The van der Waals surface area contributed by atoms with E-state index in [4.69, 9.17) is 11.6 Å². The van der Waals surface area contributed by atoms with Gasteiger partial charge in [0, 0.05) is 49.6 Å². The van der Waals surface area contributed by atoms with Crippen LogP contribution in [-0.4, -0.2) is 62.4 Å². The number of fused-ring (bicyclic) bond motifs is 1. The standard InChI is InChI=1S/C20H22ClN5O3/c21-15-5-3-6-16(13-15)24-12-11-23(14-17(24)19(27)28)8-4-10-26-20(29)25-9-2-1-7-18(25)22-26/h1-3,5-7,9,13,17H,4,8,10-12,14H2,(H,27,28). The van der Waals surface area contributed by atoms with Crippen molar-refractivity contribution in [2.75, 3.05) is 31.1 Å². The maximum absolute atomic E-state index is 12.3. The highest BCUT2D eigenvalue weighted by molar-refractivity contribution is 6.30. The van der Waals surface area contributed by atoms with E-state index in [9.17, 15) is 14.7 Å². The number of hydrogen-bond donors (Lipinski definition) is 1. The second-order valence-corrected chi connectivity index (χ2v) is 7.55. The molecule has 0 aliphatic carbocycles. The Morgan fingerprint density at radius 3 is 2.79 bits per heavy atom. The number of nitrogens with zero attached hydrogens (tertiary/aromatic N) is 5. The fourth-order valence-corrected chi connectivity index (χ4v) is 3.96. The van der Waals surface area contributed by atoms with Gasteiger partial charge in [0.2, 0.25) is 0 Å².